The molecule has 0 saturated carbocycles. The highest BCUT2D eigenvalue weighted by Crippen LogP contribution is 2.12. The molecule has 0 heterocycles. The van der Waals surface area contributed by atoms with Gasteiger partial charge in [0.15, 0.2) is 12.4 Å². The molecule has 31 heavy (non-hydrogen) atoms. The van der Waals surface area contributed by atoms with Crippen molar-refractivity contribution in [2.45, 2.75) is 0 Å². The Hall–Kier alpha value is -3.97. The number of rotatable bonds is 6. The van der Waals surface area contributed by atoms with E-state index in [1.165, 1.54) is 36.4 Å². The van der Waals surface area contributed by atoms with Crippen LogP contribution in [0, 0.1) is 0 Å². The van der Waals surface area contributed by atoms with E-state index in [1.54, 1.807) is 36.4 Å². The molecule has 0 aliphatic carbocycles. The van der Waals surface area contributed by atoms with Crippen molar-refractivity contribution in [3.8, 4) is 0 Å². The molecule has 0 spiro atoms. The summed E-state index contributed by atoms with van der Waals surface area (Å²) in [5.41, 5.74) is 5.80. The molecule has 0 unspecified atom stereocenters. The molecule has 3 aromatic rings. The van der Waals surface area contributed by atoms with Gasteiger partial charge in [-0.3, -0.25) is 25.2 Å². The highest BCUT2D eigenvalue weighted by atomic mass is 35.5. The number of halogens is 1. The molecule has 2 amide bonds. The van der Waals surface area contributed by atoms with Crippen LogP contribution in [0.5, 0.6) is 0 Å². The first-order valence-electron chi connectivity index (χ1n) is 9.16. The van der Waals surface area contributed by atoms with Crippen molar-refractivity contribution in [1.29, 1.82) is 0 Å². The number of ketones is 1. The zero-order valence-electron chi connectivity index (χ0n) is 16.1. The largest absolute Gasteiger partial charge is 0.452 e. The Morgan fingerprint density at radius 2 is 1.23 bits per heavy atom. The molecule has 2 N–H and O–H groups in total. The standard InChI is InChI=1S/C23H17ClN2O5/c24-19-12-10-17(11-13-19)22(29)26-25-20(27)14-31-23(30)18-8-6-16(7-9-18)21(28)15-4-2-1-3-5-15/h1-13H,14H2,(H,25,27)(H,26,29). The first-order valence-corrected chi connectivity index (χ1v) is 9.53. The normalized spacial score (nSPS) is 10.1. The van der Waals surface area contributed by atoms with Gasteiger partial charge in [0.1, 0.15) is 0 Å². The quantitative estimate of drug-likeness (QED) is 0.351. The van der Waals surface area contributed by atoms with Gasteiger partial charge in [0, 0.05) is 21.7 Å². The average Bonchev–Trinajstić information content (AvgIpc) is 2.81. The SMILES string of the molecule is O=C(COC(=O)c1ccc(C(=O)c2ccccc2)cc1)NNC(=O)c1ccc(Cl)cc1. The maximum Gasteiger partial charge on any atom is 0.338 e. The second-order valence-corrected chi connectivity index (χ2v) is 6.79. The van der Waals surface area contributed by atoms with Gasteiger partial charge >= 0.3 is 5.97 Å². The number of ether oxygens (including phenoxy) is 1. The van der Waals surface area contributed by atoms with Gasteiger partial charge in [-0.05, 0) is 36.4 Å². The van der Waals surface area contributed by atoms with E-state index in [-0.39, 0.29) is 11.3 Å². The average molecular weight is 437 g/mol. The van der Waals surface area contributed by atoms with Crippen LogP contribution >= 0.6 is 11.6 Å². The molecule has 0 aliphatic rings. The summed E-state index contributed by atoms with van der Waals surface area (Å²) in [5, 5.41) is 0.477. The molecule has 0 saturated heterocycles. The molecule has 0 fully saturated rings. The molecule has 0 aliphatic heterocycles. The summed E-state index contributed by atoms with van der Waals surface area (Å²) >= 11 is 5.75. The number of amides is 2. The van der Waals surface area contributed by atoms with Crippen LogP contribution in [0.3, 0.4) is 0 Å². The molecule has 3 rings (SSSR count). The number of hydrogen-bond donors (Lipinski definition) is 2. The first-order chi connectivity index (χ1) is 14.9. The Morgan fingerprint density at radius 1 is 0.677 bits per heavy atom. The zero-order chi connectivity index (χ0) is 22.2. The number of nitrogens with one attached hydrogen (secondary N) is 2. The van der Waals surface area contributed by atoms with Gasteiger partial charge in [0.05, 0.1) is 5.56 Å². The van der Waals surface area contributed by atoms with E-state index in [2.05, 4.69) is 10.9 Å². The first kappa shape index (κ1) is 21.7. The van der Waals surface area contributed by atoms with Gasteiger partial charge in [-0.2, -0.15) is 0 Å². The Kier molecular flexibility index (Phi) is 7.13. The predicted molar refractivity (Wildman–Crippen MR) is 114 cm³/mol. The Labute approximate surface area is 183 Å². The van der Waals surface area contributed by atoms with Gasteiger partial charge in [0.2, 0.25) is 0 Å². The maximum absolute atomic E-state index is 12.4. The molecular weight excluding hydrogens is 420 g/mol. The van der Waals surface area contributed by atoms with Crippen molar-refractivity contribution >= 4 is 35.2 Å². The lowest BCUT2D eigenvalue weighted by molar-refractivity contribution is -0.125. The van der Waals surface area contributed by atoms with Crippen LogP contribution in [0.25, 0.3) is 0 Å². The number of esters is 1. The zero-order valence-corrected chi connectivity index (χ0v) is 16.9. The van der Waals surface area contributed by atoms with Crippen molar-refractivity contribution in [2.24, 2.45) is 0 Å². The molecule has 8 heteroatoms. The lowest BCUT2D eigenvalue weighted by atomic mass is 10.0. The van der Waals surface area contributed by atoms with Crippen molar-refractivity contribution in [3.05, 3.63) is 106 Å². The molecule has 0 atom stereocenters. The summed E-state index contributed by atoms with van der Waals surface area (Å²) in [5.74, 6) is -2.17. The number of hydrazine groups is 1. The van der Waals surface area contributed by atoms with Crippen LogP contribution < -0.4 is 10.9 Å². The Morgan fingerprint density at radius 3 is 1.87 bits per heavy atom. The second-order valence-electron chi connectivity index (χ2n) is 6.36. The molecular formula is C23H17ClN2O5. The van der Waals surface area contributed by atoms with Crippen LogP contribution in [0.4, 0.5) is 0 Å². The number of hydrogen-bond acceptors (Lipinski definition) is 5. The molecule has 0 radical (unpaired) electrons. The predicted octanol–water partition coefficient (Wildman–Crippen LogP) is 3.19. The minimum atomic E-state index is -0.738. The lowest BCUT2D eigenvalue weighted by Gasteiger charge is -2.08. The second kappa shape index (κ2) is 10.2. The van der Waals surface area contributed by atoms with Gasteiger partial charge in [-0.15, -0.1) is 0 Å². The van der Waals surface area contributed by atoms with Gasteiger partial charge in [-0.1, -0.05) is 54.1 Å². The van der Waals surface area contributed by atoms with E-state index in [9.17, 15) is 19.2 Å². The van der Waals surface area contributed by atoms with E-state index < -0.39 is 24.4 Å². The Bertz CT molecular complexity index is 1100. The fourth-order valence-corrected chi connectivity index (χ4v) is 2.69. The van der Waals surface area contributed by atoms with E-state index in [0.717, 1.165) is 0 Å². The minimum Gasteiger partial charge on any atom is -0.452 e. The summed E-state index contributed by atoms with van der Waals surface area (Å²) in [6, 6.07) is 20.7. The smallest absolute Gasteiger partial charge is 0.338 e. The van der Waals surface area contributed by atoms with E-state index in [1.807, 2.05) is 6.07 Å². The number of benzene rings is 3. The van der Waals surface area contributed by atoms with E-state index in [0.29, 0.717) is 21.7 Å². The summed E-state index contributed by atoms with van der Waals surface area (Å²) in [6.45, 7) is -0.593. The molecule has 0 aromatic heterocycles. The maximum atomic E-state index is 12.4. The van der Waals surface area contributed by atoms with Crippen LogP contribution in [0.15, 0.2) is 78.9 Å². The minimum absolute atomic E-state index is 0.170. The summed E-state index contributed by atoms with van der Waals surface area (Å²) in [6.07, 6.45) is 0. The van der Waals surface area contributed by atoms with Gasteiger partial charge in [-0.25, -0.2) is 4.79 Å². The van der Waals surface area contributed by atoms with Gasteiger partial charge < -0.3 is 4.74 Å². The van der Waals surface area contributed by atoms with Crippen LogP contribution in [0.1, 0.15) is 36.6 Å². The number of carbonyl (C=O) groups excluding carboxylic acids is 4. The topological polar surface area (TPSA) is 102 Å². The fraction of sp³-hybridized carbons (Fsp3) is 0.0435. The monoisotopic (exact) mass is 436 g/mol. The summed E-state index contributed by atoms with van der Waals surface area (Å²) in [4.78, 5) is 48.2. The summed E-state index contributed by atoms with van der Waals surface area (Å²) in [7, 11) is 0. The number of carbonyl (C=O) groups is 4. The van der Waals surface area contributed by atoms with Gasteiger partial charge in [0.25, 0.3) is 11.8 Å². The van der Waals surface area contributed by atoms with Crippen molar-refractivity contribution in [3.63, 3.8) is 0 Å². The summed E-state index contributed by atoms with van der Waals surface area (Å²) < 4.78 is 4.92. The third-order valence-electron chi connectivity index (χ3n) is 4.17. The fourth-order valence-electron chi connectivity index (χ4n) is 2.56. The van der Waals surface area contributed by atoms with E-state index in [4.69, 9.17) is 16.3 Å². The third kappa shape index (κ3) is 6.01. The lowest BCUT2D eigenvalue weighted by Crippen LogP contribution is -2.43. The van der Waals surface area contributed by atoms with Crippen molar-refractivity contribution in [1.82, 2.24) is 10.9 Å². The molecule has 7 nitrogen and oxygen atoms in total. The third-order valence-corrected chi connectivity index (χ3v) is 4.43. The molecule has 156 valence electrons. The Balaban J connectivity index is 1.47. The molecule has 0 bridgehead atoms. The van der Waals surface area contributed by atoms with E-state index >= 15 is 0 Å². The molecule has 3 aromatic carbocycles. The highest BCUT2D eigenvalue weighted by molar-refractivity contribution is 6.30. The highest BCUT2D eigenvalue weighted by Gasteiger charge is 2.13. The van der Waals surface area contributed by atoms with Crippen LogP contribution in [-0.4, -0.2) is 30.2 Å². The van der Waals surface area contributed by atoms with Crippen molar-refractivity contribution < 1.29 is 23.9 Å². The van der Waals surface area contributed by atoms with Crippen LogP contribution in [-0.2, 0) is 9.53 Å². The van der Waals surface area contributed by atoms with Crippen LogP contribution in [0.2, 0.25) is 5.02 Å². The van der Waals surface area contributed by atoms with Crippen molar-refractivity contribution in [2.75, 3.05) is 6.61 Å².